The summed E-state index contributed by atoms with van der Waals surface area (Å²) in [4.78, 5) is 26.8. The predicted molar refractivity (Wildman–Crippen MR) is 89.1 cm³/mol. The number of aromatic carboxylic acids is 1. The molecule has 1 heterocycles. The molecule has 0 saturated carbocycles. The van der Waals surface area contributed by atoms with Gasteiger partial charge < -0.3 is 15.2 Å². The number of hydrogen-bond acceptors (Lipinski definition) is 4. The van der Waals surface area contributed by atoms with Crippen LogP contribution in [-0.2, 0) is 6.54 Å². The molecule has 0 radical (unpaired) electrons. The van der Waals surface area contributed by atoms with Crippen molar-refractivity contribution in [2.75, 3.05) is 6.61 Å². The van der Waals surface area contributed by atoms with Crippen LogP contribution in [0.5, 0.6) is 5.75 Å². The zero-order valence-corrected chi connectivity index (χ0v) is 13.7. The maximum absolute atomic E-state index is 12.2. The Morgan fingerprint density at radius 2 is 2.00 bits per heavy atom. The Morgan fingerprint density at radius 3 is 2.71 bits per heavy atom. The molecule has 1 amide bonds. The SMILES string of the molecule is CC(C)COc1ccccc1CNC(=O)c1ccnc(C(=O)O)c1. The predicted octanol–water partition coefficient (Wildman–Crippen LogP) is 2.74. The quantitative estimate of drug-likeness (QED) is 0.816. The molecule has 0 aliphatic carbocycles. The first kappa shape index (κ1) is 17.5. The van der Waals surface area contributed by atoms with Crippen LogP contribution in [-0.4, -0.2) is 28.6 Å². The maximum Gasteiger partial charge on any atom is 0.354 e. The Morgan fingerprint density at radius 1 is 1.25 bits per heavy atom. The van der Waals surface area contributed by atoms with Gasteiger partial charge in [-0.3, -0.25) is 4.79 Å². The Bertz CT molecular complexity index is 728. The number of nitrogens with one attached hydrogen (secondary N) is 1. The lowest BCUT2D eigenvalue weighted by molar-refractivity contribution is 0.0690. The number of aromatic nitrogens is 1. The number of nitrogens with zero attached hydrogens (tertiary/aromatic N) is 1. The fourth-order valence-electron chi connectivity index (χ4n) is 2.01. The monoisotopic (exact) mass is 328 g/mol. The van der Waals surface area contributed by atoms with Gasteiger partial charge in [0, 0.05) is 23.9 Å². The number of hydrogen-bond donors (Lipinski definition) is 2. The summed E-state index contributed by atoms with van der Waals surface area (Å²) in [5, 5.41) is 11.7. The van der Waals surface area contributed by atoms with E-state index < -0.39 is 5.97 Å². The van der Waals surface area contributed by atoms with Gasteiger partial charge in [-0.05, 0) is 24.1 Å². The minimum atomic E-state index is -1.17. The van der Waals surface area contributed by atoms with Gasteiger partial charge >= 0.3 is 5.97 Å². The number of carbonyl (C=O) groups excluding carboxylic acids is 1. The zero-order valence-electron chi connectivity index (χ0n) is 13.7. The van der Waals surface area contributed by atoms with Gasteiger partial charge in [-0.25, -0.2) is 9.78 Å². The third kappa shape index (κ3) is 4.81. The van der Waals surface area contributed by atoms with Crippen molar-refractivity contribution in [2.24, 2.45) is 5.92 Å². The number of ether oxygens (including phenoxy) is 1. The number of carboxylic acids is 1. The van der Waals surface area contributed by atoms with Crippen molar-refractivity contribution in [3.8, 4) is 5.75 Å². The molecule has 0 bridgehead atoms. The van der Waals surface area contributed by atoms with Gasteiger partial charge in [-0.1, -0.05) is 32.0 Å². The van der Waals surface area contributed by atoms with Gasteiger partial charge in [0.05, 0.1) is 6.61 Å². The maximum atomic E-state index is 12.2. The molecule has 0 fully saturated rings. The fraction of sp³-hybridized carbons (Fsp3) is 0.278. The fourth-order valence-corrected chi connectivity index (χ4v) is 2.01. The molecular formula is C18H20N2O4. The smallest absolute Gasteiger partial charge is 0.354 e. The molecule has 1 aromatic heterocycles. The molecule has 6 nitrogen and oxygen atoms in total. The lowest BCUT2D eigenvalue weighted by Crippen LogP contribution is -2.23. The highest BCUT2D eigenvalue weighted by Gasteiger charge is 2.11. The van der Waals surface area contributed by atoms with Crippen molar-refractivity contribution in [3.05, 3.63) is 59.4 Å². The first-order chi connectivity index (χ1) is 11.5. The third-order valence-electron chi connectivity index (χ3n) is 3.23. The van der Waals surface area contributed by atoms with Crippen LogP contribution in [0.1, 0.15) is 40.3 Å². The molecule has 1 aromatic carbocycles. The molecule has 2 aromatic rings. The molecule has 0 aliphatic heterocycles. The molecule has 0 saturated heterocycles. The molecule has 126 valence electrons. The minimum absolute atomic E-state index is 0.164. The molecule has 2 N–H and O–H groups in total. The van der Waals surface area contributed by atoms with E-state index in [1.54, 1.807) is 0 Å². The van der Waals surface area contributed by atoms with Gasteiger partial charge in [0.2, 0.25) is 0 Å². The van der Waals surface area contributed by atoms with E-state index in [1.807, 2.05) is 24.3 Å². The Balaban J connectivity index is 2.04. The van der Waals surface area contributed by atoms with Gasteiger partial charge in [-0.15, -0.1) is 0 Å². The van der Waals surface area contributed by atoms with E-state index in [0.29, 0.717) is 12.5 Å². The van der Waals surface area contributed by atoms with Crippen LogP contribution < -0.4 is 10.1 Å². The summed E-state index contributed by atoms with van der Waals surface area (Å²) in [5.74, 6) is -0.401. The second kappa shape index (κ2) is 8.10. The van der Waals surface area contributed by atoms with Crippen LogP contribution in [0.2, 0.25) is 0 Å². The van der Waals surface area contributed by atoms with Crippen LogP contribution in [0.25, 0.3) is 0 Å². The molecule has 6 heteroatoms. The molecular weight excluding hydrogens is 308 g/mol. The van der Waals surface area contributed by atoms with Crippen molar-refractivity contribution in [1.82, 2.24) is 10.3 Å². The summed E-state index contributed by atoms with van der Waals surface area (Å²) >= 11 is 0. The standard InChI is InChI=1S/C18H20N2O4/c1-12(2)11-24-16-6-4-3-5-14(16)10-20-17(21)13-7-8-19-15(9-13)18(22)23/h3-9,12H,10-11H2,1-2H3,(H,20,21)(H,22,23). The summed E-state index contributed by atoms with van der Waals surface area (Å²) < 4.78 is 5.75. The highest BCUT2D eigenvalue weighted by atomic mass is 16.5. The van der Waals surface area contributed by atoms with E-state index in [0.717, 1.165) is 11.3 Å². The number of para-hydroxylation sites is 1. The highest BCUT2D eigenvalue weighted by Crippen LogP contribution is 2.18. The molecule has 0 spiro atoms. The summed E-state index contributed by atoms with van der Waals surface area (Å²) in [6, 6.07) is 10.2. The number of carboxylic acid groups (broad SMARTS) is 1. The van der Waals surface area contributed by atoms with Crippen molar-refractivity contribution >= 4 is 11.9 Å². The van der Waals surface area contributed by atoms with E-state index in [-0.39, 0.29) is 23.7 Å². The zero-order chi connectivity index (χ0) is 17.5. The van der Waals surface area contributed by atoms with Gasteiger partial charge in [0.25, 0.3) is 5.91 Å². The van der Waals surface area contributed by atoms with Crippen LogP contribution >= 0.6 is 0 Å². The summed E-state index contributed by atoms with van der Waals surface area (Å²) in [6.07, 6.45) is 1.30. The van der Waals surface area contributed by atoms with Crippen molar-refractivity contribution in [1.29, 1.82) is 0 Å². The van der Waals surface area contributed by atoms with Crippen molar-refractivity contribution in [2.45, 2.75) is 20.4 Å². The topological polar surface area (TPSA) is 88.5 Å². The largest absolute Gasteiger partial charge is 0.493 e. The number of carbonyl (C=O) groups is 2. The van der Waals surface area contributed by atoms with Crippen LogP contribution in [0.15, 0.2) is 42.6 Å². The average Bonchev–Trinajstić information content (AvgIpc) is 2.58. The summed E-state index contributed by atoms with van der Waals surface area (Å²) in [5.41, 5.74) is 0.949. The lowest BCUT2D eigenvalue weighted by atomic mass is 10.1. The number of pyridine rings is 1. The van der Waals surface area contributed by atoms with Gasteiger partial charge in [-0.2, -0.15) is 0 Å². The van der Waals surface area contributed by atoms with E-state index in [9.17, 15) is 9.59 Å². The first-order valence-corrected chi connectivity index (χ1v) is 7.65. The number of amides is 1. The third-order valence-corrected chi connectivity index (χ3v) is 3.23. The lowest BCUT2D eigenvalue weighted by Gasteiger charge is -2.13. The van der Waals surface area contributed by atoms with E-state index in [2.05, 4.69) is 24.1 Å². The van der Waals surface area contributed by atoms with Crippen LogP contribution in [0.4, 0.5) is 0 Å². The van der Waals surface area contributed by atoms with E-state index in [1.165, 1.54) is 18.3 Å². The second-order valence-corrected chi connectivity index (χ2v) is 5.73. The highest BCUT2D eigenvalue weighted by molar-refractivity contribution is 5.96. The Kier molecular flexibility index (Phi) is 5.89. The first-order valence-electron chi connectivity index (χ1n) is 7.65. The number of rotatable bonds is 7. The van der Waals surface area contributed by atoms with Crippen molar-refractivity contribution in [3.63, 3.8) is 0 Å². The van der Waals surface area contributed by atoms with Gasteiger partial charge in [0.15, 0.2) is 0 Å². The molecule has 0 aliphatic rings. The Hall–Kier alpha value is -2.89. The summed E-state index contributed by atoms with van der Waals surface area (Å²) in [7, 11) is 0. The normalized spacial score (nSPS) is 10.5. The molecule has 0 atom stereocenters. The molecule has 24 heavy (non-hydrogen) atoms. The van der Waals surface area contributed by atoms with Crippen molar-refractivity contribution < 1.29 is 19.4 Å². The minimum Gasteiger partial charge on any atom is -0.493 e. The molecule has 0 unspecified atom stereocenters. The second-order valence-electron chi connectivity index (χ2n) is 5.73. The Labute approximate surface area is 140 Å². The van der Waals surface area contributed by atoms with E-state index in [4.69, 9.17) is 9.84 Å². The van der Waals surface area contributed by atoms with Crippen LogP contribution in [0, 0.1) is 5.92 Å². The average molecular weight is 328 g/mol. The van der Waals surface area contributed by atoms with E-state index >= 15 is 0 Å². The van der Waals surface area contributed by atoms with Gasteiger partial charge in [0.1, 0.15) is 11.4 Å². The summed E-state index contributed by atoms with van der Waals surface area (Å²) in [6.45, 7) is 5.01. The van der Waals surface area contributed by atoms with Crippen LogP contribution in [0.3, 0.4) is 0 Å². The molecule has 2 rings (SSSR count). The number of benzene rings is 1.